The molecule has 1 heterocycles. The summed E-state index contributed by atoms with van der Waals surface area (Å²) < 4.78 is 13.0. The van der Waals surface area contributed by atoms with Crippen molar-refractivity contribution in [2.24, 2.45) is 0 Å². The Morgan fingerprint density at radius 2 is 1.84 bits per heavy atom. The highest BCUT2D eigenvalue weighted by atomic mass is 19.1. The lowest BCUT2D eigenvalue weighted by Crippen LogP contribution is -2.33. The zero-order valence-electron chi connectivity index (χ0n) is 10.0. The first-order valence-electron chi connectivity index (χ1n) is 5.57. The van der Waals surface area contributed by atoms with E-state index in [9.17, 15) is 18.8 Å². The normalized spacial score (nSPS) is 15.3. The molecule has 1 aliphatic heterocycles. The molecule has 1 aliphatic rings. The molecule has 0 aliphatic carbocycles. The molecule has 0 saturated carbocycles. The van der Waals surface area contributed by atoms with Crippen LogP contribution >= 0.6 is 0 Å². The van der Waals surface area contributed by atoms with Crippen LogP contribution in [0.15, 0.2) is 36.9 Å². The molecule has 1 saturated heterocycles. The Morgan fingerprint density at radius 3 is 2.47 bits per heavy atom. The fraction of sp³-hybridized carbons (Fsp3) is 0.154. The molecular weight excluding hydrogens is 251 g/mol. The van der Waals surface area contributed by atoms with Crippen molar-refractivity contribution in [3.05, 3.63) is 48.3 Å². The van der Waals surface area contributed by atoms with E-state index < -0.39 is 23.7 Å². The average Bonchev–Trinajstić information content (AvgIpc) is 2.57. The standard InChI is InChI=1S/C13H11FN2O3/c1-2-6-15-11(17)12(18)16(13(15)19)8-9-4-3-5-10(14)7-9/h2-5,7H,1,6,8H2. The molecule has 0 N–H and O–H groups in total. The predicted octanol–water partition coefficient (Wildman–Crippen LogP) is 1.30. The summed E-state index contributed by atoms with van der Waals surface area (Å²) in [6, 6.07) is 4.80. The van der Waals surface area contributed by atoms with Crippen LogP contribution in [-0.2, 0) is 16.1 Å². The summed E-state index contributed by atoms with van der Waals surface area (Å²) >= 11 is 0. The number of benzene rings is 1. The van der Waals surface area contributed by atoms with Gasteiger partial charge in [-0.2, -0.15) is 0 Å². The summed E-state index contributed by atoms with van der Waals surface area (Å²) in [5, 5.41) is 0. The van der Waals surface area contributed by atoms with Crippen LogP contribution in [0.5, 0.6) is 0 Å². The summed E-state index contributed by atoms with van der Waals surface area (Å²) in [6.07, 6.45) is 1.36. The van der Waals surface area contributed by atoms with E-state index in [4.69, 9.17) is 0 Å². The van der Waals surface area contributed by atoms with Crippen molar-refractivity contribution in [1.82, 2.24) is 9.80 Å². The van der Waals surface area contributed by atoms with Crippen LogP contribution in [0.25, 0.3) is 0 Å². The van der Waals surface area contributed by atoms with Gasteiger partial charge in [0.15, 0.2) is 0 Å². The summed E-state index contributed by atoms with van der Waals surface area (Å²) in [5.41, 5.74) is 0.440. The summed E-state index contributed by atoms with van der Waals surface area (Å²) in [6.45, 7) is 3.26. The highest BCUT2D eigenvalue weighted by Crippen LogP contribution is 2.16. The Labute approximate surface area is 108 Å². The zero-order chi connectivity index (χ0) is 14.0. The topological polar surface area (TPSA) is 57.7 Å². The van der Waals surface area contributed by atoms with Gasteiger partial charge in [-0.05, 0) is 17.7 Å². The maximum absolute atomic E-state index is 13.0. The Kier molecular flexibility index (Phi) is 3.41. The molecular formula is C13H11FN2O3. The number of halogens is 1. The second-order valence-electron chi connectivity index (χ2n) is 4.01. The van der Waals surface area contributed by atoms with Crippen molar-refractivity contribution in [1.29, 1.82) is 0 Å². The van der Waals surface area contributed by atoms with Crippen LogP contribution < -0.4 is 0 Å². The van der Waals surface area contributed by atoms with Gasteiger partial charge in [-0.15, -0.1) is 6.58 Å². The van der Waals surface area contributed by atoms with Crippen LogP contribution in [-0.4, -0.2) is 34.2 Å². The van der Waals surface area contributed by atoms with Crippen molar-refractivity contribution < 1.29 is 18.8 Å². The molecule has 0 atom stereocenters. The molecule has 5 nitrogen and oxygen atoms in total. The van der Waals surface area contributed by atoms with E-state index in [0.29, 0.717) is 5.56 Å². The molecule has 4 amide bonds. The zero-order valence-corrected chi connectivity index (χ0v) is 10.0. The largest absolute Gasteiger partial charge is 0.334 e. The minimum Gasteiger partial charge on any atom is -0.263 e. The summed E-state index contributed by atoms with van der Waals surface area (Å²) in [5.74, 6) is -2.26. The molecule has 19 heavy (non-hydrogen) atoms. The Balaban J connectivity index is 2.21. The number of imide groups is 2. The molecule has 1 fully saturated rings. The van der Waals surface area contributed by atoms with Gasteiger partial charge < -0.3 is 0 Å². The van der Waals surface area contributed by atoms with Gasteiger partial charge in [0.2, 0.25) is 0 Å². The van der Waals surface area contributed by atoms with Gasteiger partial charge in [0.05, 0.1) is 6.54 Å². The minimum atomic E-state index is -0.906. The van der Waals surface area contributed by atoms with Crippen LogP contribution in [0.2, 0.25) is 0 Å². The van der Waals surface area contributed by atoms with Gasteiger partial charge in [-0.3, -0.25) is 19.4 Å². The summed E-state index contributed by atoms with van der Waals surface area (Å²) in [7, 11) is 0. The maximum Gasteiger partial charge on any atom is 0.334 e. The quantitative estimate of drug-likeness (QED) is 0.467. The lowest BCUT2D eigenvalue weighted by Gasteiger charge is -2.14. The molecule has 0 bridgehead atoms. The third kappa shape index (κ3) is 2.37. The van der Waals surface area contributed by atoms with E-state index in [-0.39, 0.29) is 13.1 Å². The number of nitrogens with zero attached hydrogens (tertiary/aromatic N) is 2. The van der Waals surface area contributed by atoms with Crippen molar-refractivity contribution in [2.45, 2.75) is 6.54 Å². The van der Waals surface area contributed by atoms with E-state index in [1.54, 1.807) is 6.07 Å². The second-order valence-corrected chi connectivity index (χ2v) is 4.01. The number of hydrogen-bond donors (Lipinski definition) is 0. The van der Waals surface area contributed by atoms with Crippen LogP contribution in [0.4, 0.5) is 9.18 Å². The molecule has 0 aromatic heterocycles. The molecule has 1 aromatic rings. The van der Waals surface area contributed by atoms with Gasteiger partial charge in [0.1, 0.15) is 5.82 Å². The summed E-state index contributed by atoms with van der Waals surface area (Å²) in [4.78, 5) is 36.7. The first-order chi connectivity index (χ1) is 9.04. The average molecular weight is 262 g/mol. The van der Waals surface area contributed by atoms with Gasteiger partial charge in [-0.1, -0.05) is 18.2 Å². The fourth-order valence-electron chi connectivity index (χ4n) is 1.80. The van der Waals surface area contributed by atoms with Gasteiger partial charge in [-0.25, -0.2) is 9.18 Å². The van der Waals surface area contributed by atoms with Crippen molar-refractivity contribution >= 4 is 17.8 Å². The van der Waals surface area contributed by atoms with Crippen molar-refractivity contribution in [3.63, 3.8) is 0 Å². The fourth-order valence-corrected chi connectivity index (χ4v) is 1.80. The number of amides is 4. The number of urea groups is 1. The lowest BCUT2D eigenvalue weighted by atomic mass is 10.2. The molecule has 0 radical (unpaired) electrons. The first-order valence-corrected chi connectivity index (χ1v) is 5.57. The highest BCUT2D eigenvalue weighted by molar-refractivity contribution is 6.44. The number of carbonyl (C=O) groups excluding carboxylic acids is 3. The smallest absolute Gasteiger partial charge is 0.263 e. The van der Waals surface area contributed by atoms with Gasteiger partial charge >= 0.3 is 17.8 Å². The van der Waals surface area contributed by atoms with E-state index in [0.717, 1.165) is 9.80 Å². The van der Waals surface area contributed by atoms with Gasteiger partial charge in [0.25, 0.3) is 0 Å². The number of hydrogen-bond acceptors (Lipinski definition) is 3. The van der Waals surface area contributed by atoms with E-state index in [1.165, 1.54) is 24.3 Å². The minimum absolute atomic E-state index is 0.0247. The van der Waals surface area contributed by atoms with Crippen molar-refractivity contribution in [3.8, 4) is 0 Å². The Hall–Kier alpha value is -2.50. The molecule has 1 aromatic carbocycles. The molecule has 0 unspecified atom stereocenters. The molecule has 6 heteroatoms. The van der Waals surface area contributed by atoms with Crippen LogP contribution in [0, 0.1) is 5.82 Å². The van der Waals surface area contributed by atoms with Crippen molar-refractivity contribution in [2.75, 3.05) is 6.54 Å². The number of carbonyl (C=O) groups is 3. The molecule has 98 valence electrons. The SMILES string of the molecule is C=CCN1C(=O)C(=O)N(Cc2cccc(F)c2)C1=O. The molecule has 0 spiro atoms. The second kappa shape index (κ2) is 5.01. The predicted molar refractivity (Wildman–Crippen MR) is 64.3 cm³/mol. The van der Waals surface area contributed by atoms with E-state index in [2.05, 4.69) is 6.58 Å². The Bertz CT molecular complexity index is 571. The highest BCUT2D eigenvalue weighted by Gasteiger charge is 2.43. The van der Waals surface area contributed by atoms with E-state index in [1.807, 2.05) is 0 Å². The van der Waals surface area contributed by atoms with E-state index >= 15 is 0 Å². The monoisotopic (exact) mass is 262 g/mol. The third-order valence-corrected chi connectivity index (χ3v) is 2.68. The lowest BCUT2D eigenvalue weighted by molar-refractivity contribution is -0.143. The third-order valence-electron chi connectivity index (χ3n) is 2.68. The van der Waals surface area contributed by atoms with Crippen LogP contribution in [0.3, 0.4) is 0 Å². The number of rotatable bonds is 4. The Morgan fingerprint density at radius 1 is 1.16 bits per heavy atom. The first kappa shape index (κ1) is 12.9. The maximum atomic E-state index is 13.0. The van der Waals surface area contributed by atoms with Crippen LogP contribution in [0.1, 0.15) is 5.56 Å². The van der Waals surface area contributed by atoms with Gasteiger partial charge in [0, 0.05) is 6.54 Å². The molecule has 2 rings (SSSR count).